The van der Waals surface area contributed by atoms with Gasteiger partial charge < -0.3 is 16.8 Å². The molecule has 1 unspecified atom stereocenters. The molecule has 2 aromatic rings. The molecule has 1 amide bonds. The fourth-order valence-electron chi connectivity index (χ4n) is 2.51. The van der Waals surface area contributed by atoms with E-state index in [1.165, 1.54) is 11.1 Å². The highest BCUT2D eigenvalue weighted by atomic mass is 16.1. The number of amides is 1. The lowest BCUT2D eigenvalue weighted by Crippen LogP contribution is -2.15. The first-order valence-corrected chi connectivity index (χ1v) is 6.42. The zero-order valence-corrected chi connectivity index (χ0v) is 10.8. The summed E-state index contributed by atoms with van der Waals surface area (Å²) in [7, 11) is 0. The maximum Gasteiger partial charge on any atom is 0.269 e. The van der Waals surface area contributed by atoms with Crippen LogP contribution in [0.4, 0.5) is 11.5 Å². The number of nitrogens with zero attached hydrogens (tertiary/aromatic N) is 2. The van der Waals surface area contributed by atoms with Gasteiger partial charge in [-0.05, 0) is 48.2 Å². The first kappa shape index (κ1) is 12.4. The van der Waals surface area contributed by atoms with E-state index in [-0.39, 0.29) is 11.7 Å². The van der Waals surface area contributed by atoms with Gasteiger partial charge in [-0.3, -0.25) is 4.79 Å². The molecule has 6 heteroatoms. The van der Waals surface area contributed by atoms with Crippen molar-refractivity contribution in [3.8, 4) is 0 Å². The van der Waals surface area contributed by atoms with Gasteiger partial charge in [-0.15, -0.1) is 10.2 Å². The topological polar surface area (TPSA) is 107 Å². The maximum absolute atomic E-state index is 10.9. The third-order valence-electron chi connectivity index (χ3n) is 3.48. The van der Waals surface area contributed by atoms with Crippen LogP contribution in [0.5, 0.6) is 0 Å². The van der Waals surface area contributed by atoms with Gasteiger partial charge in [-0.2, -0.15) is 0 Å². The number of nitrogen functional groups attached to an aromatic ring is 1. The Morgan fingerprint density at radius 2 is 2.10 bits per heavy atom. The lowest BCUT2D eigenvalue weighted by atomic mass is 10.1. The quantitative estimate of drug-likeness (QED) is 0.727. The molecule has 1 aliphatic rings. The summed E-state index contributed by atoms with van der Waals surface area (Å²) >= 11 is 0. The number of hydrogen-bond acceptors (Lipinski definition) is 5. The summed E-state index contributed by atoms with van der Waals surface area (Å²) in [5.74, 6) is 0.0513. The van der Waals surface area contributed by atoms with E-state index in [4.69, 9.17) is 11.5 Å². The summed E-state index contributed by atoms with van der Waals surface area (Å²) in [4.78, 5) is 10.9. The Kier molecular flexibility index (Phi) is 2.98. The minimum Gasteiger partial charge on any atom is -0.399 e. The van der Waals surface area contributed by atoms with Crippen molar-refractivity contribution in [2.45, 2.75) is 18.9 Å². The number of aryl methyl sites for hydroxylation is 1. The highest BCUT2D eigenvalue weighted by molar-refractivity contribution is 5.90. The Balaban J connectivity index is 1.78. The molecule has 1 aromatic carbocycles. The Hall–Kier alpha value is -2.63. The van der Waals surface area contributed by atoms with Crippen molar-refractivity contribution in [3.05, 3.63) is 47.2 Å². The van der Waals surface area contributed by atoms with Crippen LogP contribution in [0.25, 0.3) is 0 Å². The van der Waals surface area contributed by atoms with E-state index >= 15 is 0 Å². The molecule has 1 aromatic heterocycles. The molecule has 0 spiro atoms. The predicted molar refractivity (Wildman–Crippen MR) is 76.1 cm³/mol. The fourth-order valence-corrected chi connectivity index (χ4v) is 2.51. The molecule has 1 atom stereocenters. The van der Waals surface area contributed by atoms with E-state index < -0.39 is 5.91 Å². The summed E-state index contributed by atoms with van der Waals surface area (Å²) in [5.41, 5.74) is 14.4. The average Bonchev–Trinajstić information content (AvgIpc) is 2.81. The summed E-state index contributed by atoms with van der Waals surface area (Å²) in [6.07, 6.45) is 1.98. The number of fused-ring (bicyclic) bond motifs is 1. The number of carbonyl (C=O) groups excluding carboxylic acids is 1. The van der Waals surface area contributed by atoms with Crippen LogP contribution in [0, 0.1) is 0 Å². The zero-order chi connectivity index (χ0) is 14.1. The van der Waals surface area contributed by atoms with Gasteiger partial charge in [0, 0.05) is 5.69 Å². The van der Waals surface area contributed by atoms with Crippen LogP contribution in [-0.2, 0) is 6.42 Å². The monoisotopic (exact) mass is 269 g/mol. The second kappa shape index (κ2) is 4.80. The third kappa shape index (κ3) is 2.27. The van der Waals surface area contributed by atoms with Gasteiger partial charge in [-0.1, -0.05) is 6.07 Å². The van der Waals surface area contributed by atoms with Crippen LogP contribution in [-0.4, -0.2) is 16.1 Å². The third-order valence-corrected chi connectivity index (χ3v) is 3.48. The number of rotatable bonds is 3. The molecule has 102 valence electrons. The van der Waals surface area contributed by atoms with Crippen molar-refractivity contribution in [3.63, 3.8) is 0 Å². The predicted octanol–water partition coefficient (Wildman–Crippen LogP) is 1.26. The molecule has 0 radical (unpaired) electrons. The smallest absolute Gasteiger partial charge is 0.269 e. The van der Waals surface area contributed by atoms with Crippen LogP contribution in [0.2, 0.25) is 0 Å². The van der Waals surface area contributed by atoms with Gasteiger partial charge in [-0.25, -0.2) is 0 Å². The highest BCUT2D eigenvalue weighted by Gasteiger charge is 2.22. The van der Waals surface area contributed by atoms with Gasteiger partial charge in [0.15, 0.2) is 5.69 Å². The van der Waals surface area contributed by atoms with E-state index in [9.17, 15) is 4.79 Å². The molecular formula is C14H15N5O. The largest absolute Gasteiger partial charge is 0.399 e. The summed E-state index contributed by atoms with van der Waals surface area (Å²) in [5, 5.41) is 11.1. The fraction of sp³-hybridized carbons (Fsp3) is 0.214. The standard InChI is InChI=1S/C14H15N5O/c15-9-2-3-10-8(7-9)1-4-11(10)17-13-6-5-12(14(16)20)18-19-13/h2-3,5-7,11H,1,4,15H2,(H2,16,20)(H,17,19). The Morgan fingerprint density at radius 3 is 2.80 bits per heavy atom. The first-order valence-electron chi connectivity index (χ1n) is 6.42. The van der Waals surface area contributed by atoms with Crippen molar-refractivity contribution in [1.29, 1.82) is 0 Å². The van der Waals surface area contributed by atoms with Gasteiger partial charge in [0.2, 0.25) is 0 Å². The van der Waals surface area contributed by atoms with Gasteiger partial charge in [0.1, 0.15) is 5.82 Å². The lowest BCUT2D eigenvalue weighted by molar-refractivity contribution is 0.0994. The molecule has 5 N–H and O–H groups in total. The number of nitrogens with one attached hydrogen (secondary N) is 1. The zero-order valence-electron chi connectivity index (χ0n) is 10.8. The van der Waals surface area contributed by atoms with E-state index in [1.807, 2.05) is 18.2 Å². The summed E-state index contributed by atoms with van der Waals surface area (Å²) in [6, 6.07) is 9.43. The molecule has 0 bridgehead atoms. The van der Waals surface area contributed by atoms with Crippen LogP contribution in [0.3, 0.4) is 0 Å². The number of nitrogens with two attached hydrogens (primary N) is 2. The number of hydrogen-bond donors (Lipinski definition) is 3. The normalized spacial score (nSPS) is 16.7. The second-order valence-electron chi connectivity index (χ2n) is 4.86. The van der Waals surface area contributed by atoms with Crippen LogP contribution >= 0.6 is 0 Å². The SMILES string of the molecule is NC(=O)c1ccc(NC2CCc3cc(N)ccc32)nn1. The van der Waals surface area contributed by atoms with Crippen molar-refractivity contribution >= 4 is 17.4 Å². The summed E-state index contributed by atoms with van der Waals surface area (Å²) < 4.78 is 0. The number of primary amides is 1. The van der Waals surface area contributed by atoms with Gasteiger partial charge >= 0.3 is 0 Å². The molecule has 1 heterocycles. The van der Waals surface area contributed by atoms with Crippen molar-refractivity contribution in [1.82, 2.24) is 10.2 Å². The van der Waals surface area contributed by atoms with E-state index in [2.05, 4.69) is 15.5 Å². The maximum atomic E-state index is 10.9. The molecular weight excluding hydrogens is 254 g/mol. The van der Waals surface area contributed by atoms with Crippen LogP contribution in [0.1, 0.15) is 34.1 Å². The average molecular weight is 269 g/mol. The number of benzene rings is 1. The van der Waals surface area contributed by atoms with Crippen LogP contribution < -0.4 is 16.8 Å². The van der Waals surface area contributed by atoms with E-state index in [0.717, 1.165) is 18.5 Å². The Morgan fingerprint density at radius 1 is 1.25 bits per heavy atom. The molecule has 0 saturated carbocycles. The Labute approximate surface area is 116 Å². The minimum absolute atomic E-state index is 0.162. The van der Waals surface area contributed by atoms with E-state index in [0.29, 0.717) is 5.82 Å². The highest BCUT2D eigenvalue weighted by Crippen LogP contribution is 2.34. The van der Waals surface area contributed by atoms with Gasteiger partial charge in [0.25, 0.3) is 5.91 Å². The summed E-state index contributed by atoms with van der Waals surface area (Å²) in [6.45, 7) is 0. The first-order chi connectivity index (χ1) is 9.63. The molecule has 0 saturated heterocycles. The minimum atomic E-state index is -0.578. The molecule has 3 rings (SSSR count). The molecule has 0 aliphatic heterocycles. The van der Waals surface area contributed by atoms with Crippen LogP contribution in [0.15, 0.2) is 30.3 Å². The Bertz CT molecular complexity index is 653. The number of aromatic nitrogens is 2. The lowest BCUT2D eigenvalue weighted by Gasteiger charge is -2.14. The van der Waals surface area contributed by atoms with Gasteiger partial charge in [0.05, 0.1) is 6.04 Å². The number of carbonyl (C=O) groups is 1. The van der Waals surface area contributed by atoms with Crippen molar-refractivity contribution < 1.29 is 4.79 Å². The molecule has 6 nitrogen and oxygen atoms in total. The molecule has 0 fully saturated rings. The van der Waals surface area contributed by atoms with Crippen molar-refractivity contribution in [2.24, 2.45) is 5.73 Å². The molecule has 1 aliphatic carbocycles. The number of anilines is 2. The second-order valence-corrected chi connectivity index (χ2v) is 4.86. The van der Waals surface area contributed by atoms with E-state index in [1.54, 1.807) is 12.1 Å². The molecule has 20 heavy (non-hydrogen) atoms. The van der Waals surface area contributed by atoms with Crippen molar-refractivity contribution in [2.75, 3.05) is 11.1 Å².